The number of nitrogens with two attached hydrogens (primary N) is 1. The van der Waals surface area contributed by atoms with Gasteiger partial charge in [-0.25, -0.2) is 0 Å². The van der Waals surface area contributed by atoms with Crippen molar-refractivity contribution in [2.24, 2.45) is 5.73 Å². The van der Waals surface area contributed by atoms with Gasteiger partial charge in [0.15, 0.2) is 11.5 Å². The van der Waals surface area contributed by atoms with E-state index in [-0.39, 0.29) is 18.0 Å². The molecule has 0 saturated heterocycles. The predicted molar refractivity (Wildman–Crippen MR) is 96.4 cm³/mol. The molecule has 0 saturated carbocycles. The zero-order valence-corrected chi connectivity index (χ0v) is 14.9. The third-order valence-electron chi connectivity index (χ3n) is 3.72. The summed E-state index contributed by atoms with van der Waals surface area (Å²) in [4.78, 5) is 15.8. The van der Waals surface area contributed by atoms with Crippen LogP contribution in [0.2, 0.25) is 0 Å². The second-order valence-corrected chi connectivity index (χ2v) is 6.03. The van der Waals surface area contributed by atoms with Crippen LogP contribution in [-0.4, -0.2) is 24.0 Å². The molecule has 0 radical (unpaired) electrons. The molecule has 0 aliphatic carbocycles. The first-order valence-corrected chi connectivity index (χ1v) is 8.24. The second kappa shape index (κ2) is 9.03. The lowest BCUT2D eigenvalue weighted by atomic mass is 10.1. The van der Waals surface area contributed by atoms with E-state index >= 15 is 0 Å². The molecular formula is C19H25N3O3. The highest BCUT2D eigenvalue weighted by Crippen LogP contribution is 2.31. The Morgan fingerprint density at radius 1 is 1.20 bits per heavy atom. The molecule has 0 bridgehead atoms. The van der Waals surface area contributed by atoms with Crippen molar-refractivity contribution >= 4 is 5.91 Å². The molecule has 0 spiro atoms. The van der Waals surface area contributed by atoms with Gasteiger partial charge in [-0.15, -0.1) is 0 Å². The zero-order valence-electron chi connectivity index (χ0n) is 14.9. The number of ether oxygens (including phenoxy) is 2. The Balaban J connectivity index is 2.03. The summed E-state index contributed by atoms with van der Waals surface area (Å²) < 4.78 is 11.2. The molecule has 2 unspecified atom stereocenters. The number of nitrogens with zero attached hydrogens (tertiary/aromatic N) is 1. The van der Waals surface area contributed by atoms with E-state index in [0.717, 1.165) is 11.1 Å². The van der Waals surface area contributed by atoms with Gasteiger partial charge >= 0.3 is 0 Å². The van der Waals surface area contributed by atoms with E-state index in [0.29, 0.717) is 24.5 Å². The van der Waals surface area contributed by atoms with Crippen LogP contribution in [0.4, 0.5) is 0 Å². The summed E-state index contributed by atoms with van der Waals surface area (Å²) in [7, 11) is 1.60. The van der Waals surface area contributed by atoms with Crippen LogP contribution in [0.3, 0.4) is 0 Å². The molecule has 134 valence electrons. The molecule has 3 N–H and O–H groups in total. The van der Waals surface area contributed by atoms with Crippen LogP contribution in [0.15, 0.2) is 42.7 Å². The Morgan fingerprint density at radius 3 is 2.56 bits per heavy atom. The van der Waals surface area contributed by atoms with Gasteiger partial charge in [0.1, 0.15) is 6.61 Å². The number of hydrogen-bond acceptors (Lipinski definition) is 5. The van der Waals surface area contributed by atoms with Crippen LogP contribution >= 0.6 is 0 Å². The van der Waals surface area contributed by atoms with Crippen molar-refractivity contribution in [2.75, 3.05) is 7.11 Å². The number of amides is 1. The normalized spacial score (nSPS) is 13.0. The van der Waals surface area contributed by atoms with Gasteiger partial charge in [-0.3, -0.25) is 9.78 Å². The van der Waals surface area contributed by atoms with Gasteiger partial charge in [0, 0.05) is 24.9 Å². The number of methoxy groups -OCH3 is 1. The first-order chi connectivity index (χ1) is 12.0. The molecule has 0 fully saturated rings. The molecule has 0 aliphatic heterocycles. The molecule has 6 heteroatoms. The summed E-state index contributed by atoms with van der Waals surface area (Å²) in [6.45, 7) is 4.16. The summed E-state index contributed by atoms with van der Waals surface area (Å²) in [5.41, 5.74) is 7.62. The average molecular weight is 343 g/mol. The summed E-state index contributed by atoms with van der Waals surface area (Å²) in [5.74, 6) is 1.21. The summed E-state index contributed by atoms with van der Waals surface area (Å²) in [6, 6.07) is 9.14. The maximum absolute atomic E-state index is 11.9. The van der Waals surface area contributed by atoms with Gasteiger partial charge in [-0.2, -0.15) is 0 Å². The topological polar surface area (TPSA) is 86.5 Å². The number of pyridine rings is 1. The largest absolute Gasteiger partial charge is 0.493 e. The minimum Gasteiger partial charge on any atom is -0.493 e. The van der Waals surface area contributed by atoms with Gasteiger partial charge in [-0.1, -0.05) is 6.07 Å². The maximum Gasteiger partial charge on any atom is 0.222 e. The molecular weight excluding hydrogens is 318 g/mol. The summed E-state index contributed by atoms with van der Waals surface area (Å²) in [5, 5.41) is 2.93. The molecule has 1 aromatic carbocycles. The van der Waals surface area contributed by atoms with Crippen molar-refractivity contribution in [3.8, 4) is 11.5 Å². The number of carbonyl (C=O) groups is 1. The van der Waals surface area contributed by atoms with Crippen molar-refractivity contribution in [2.45, 2.75) is 39.0 Å². The predicted octanol–water partition coefficient (Wildman–Crippen LogP) is 2.58. The van der Waals surface area contributed by atoms with Crippen LogP contribution in [0, 0.1) is 0 Å². The van der Waals surface area contributed by atoms with Crippen LogP contribution in [0.25, 0.3) is 0 Å². The van der Waals surface area contributed by atoms with E-state index in [1.165, 1.54) is 0 Å². The first-order valence-electron chi connectivity index (χ1n) is 8.24. The molecule has 25 heavy (non-hydrogen) atoms. The molecule has 2 aromatic rings. The minimum absolute atomic E-state index is 0.0699. The fourth-order valence-electron chi connectivity index (χ4n) is 2.39. The molecule has 6 nitrogen and oxygen atoms in total. The van der Waals surface area contributed by atoms with Crippen LogP contribution in [0.1, 0.15) is 37.4 Å². The fraction of sp³-hybridized carbons (Fsp3) is 0.368. The zero-order chi connectivity index (χ0) is 18.2. The minimum atomic E-state index is -0.161. The van der Waals surface area contributed by atoms with E-state index in [4.69, 9.17) is 15.2 Å². The van der Waals surface area contributed by atoms with Crippen molar-refractivity contribution < 1.29 is 14.3 Å². The van der Waals surface area contributed by atoms with Gasteiger partial charge < -0.3 is 20.5 Å². The van der Waals surface area contributed by atoms with Crippen LogP contribution in [-0.2, 0) is 11.4 Å². The number of rotatable bonds is 8. The number of carbonyl (C=O) groups excluding carboxylic acids is 1. The van der Waals surface area contributed by atoms with E-state index in [1.54, 1.807) is 19.5 Å². The van der Waals surface area contributed by atoms with Crippen molar-refractivity contribution in [1.29, 1.82) is 0 Å². The van der Waals surface area contributed by atoms with Gasteiger partial charge in [0.2, 0.25) is 5.91 Å². The monoisotopic (exact) mass is 343 g/mol. The van der Waals surface area contributed by atoms with E-state index in [2.05, 4.69) is 10.3 Å². The lowest BCUT2D eigenvalue weighted by molar-refractivity contribution is -0.122. The number of benzene rings is 1. The molecule has 2 rings (SSSR count). The molecule has 1 heterocycles. The van der Waals surface area contributed by atoms with Crippen molar-refractivity contribution in [1.82, 2.24) is 10.3 Å². The average Bonchev–Trinajstić information content (AvgIpc) is 2.59. The Bertz CT molecular complexity index is 690. The molecule has 1 amide bonds. The van der Waals surface area contributed by atoms with Gasteiger partial charge in [0.05, 0.1) is 13.2 Å². The summed E-state index contributed by atoms with van der Waals surface area (Å²) in [6.07, 6.45) is 3.76. The first kappa shape index (κ1) is 18.7. The van der Waals surface area contributed by atoms with Gasteiger partial charge in [0.25, 0.3) is 0 Å². The fourth-order valence-corrected chi connectivity index (χ4v) is 2.39. The Kier molecular flexibility index (Phi) is 6.77. The third-order valence-corrected chi connectivity index (χ3v) is 3.72. The van der Waals surface area contributed by atoms with Gasteiger partial charge in [-0.05, 0) is 49.2 Å². The standard InChI is InChI=1S/C19H25N3O3/c1-13(20)10-19(23)22-14(2)16-4-5-17(18(11-16)24-3)25-12-15-6-8-21-9-7-15/h4-9,11,13-14H,10,12,20H2,1-3H3,(H,22,23). The third kappa shape index (κ3) is 5.76. The molecule has 0 aliphatic rings. The summed E-state index contributed by atoms with van der Waals surface area (Å²) >= 11 is 0. The molecule has 2 atom stereocenters. The second-order valence-electron chi connectivity index (χ2n) is 6.03. The highest BCUT2D eigenvalue weighted by atomic mass is 16.5. The lowest BCUT2D eigenvalue weighted by Gasteiger charge is -2.18. The SMILES string of the molecule is COc1cc(C(C)NC(=O)CC(C)N)ccc1OCc1ccncc1. The molecule has 1 aromatic heterocycles. The number of nitrogens with one attached hydrogen (secondary N) is 1. The smallest absolute Gasteiger partial charge is 0.222 e. The van der Waals surface area contributed by atoms with E-state index < -0.39 is 0 Å². The van der Waals surface area contributed by atoms with Crippen LogP contribution in [0.5, 0.6) is 11.5 Å². The Morgan fingerprint density at radius 2 is 1.92 bits per heavy atom. The Labute approximate surface area is 148 Å². The van der Waals surface area contributed by atoms with E-state index in [9.17, 15) is 4.79 Å². The van der Waals surface area contributed by atoms with Crippen molar-refractivity contribution in [3.05, 3.63) is 53.9 Å². The lowest BCUT2D eigenvalue weighted by Crippen LogP contribution is -2.31. The quantitative estimate of drug-likeness (QED) is 0.769. The Hall–Kier alpha value is -2.60. The van der Waals surface area contributed by atoms with E-state index in [1.807, 2.05) is 44.2 Å². The highest BCUT2D eigenvalue weighted by molar-refractivity contribution is 5.77. The van der Waals surface area contributed by atoms with Crippen molar-refractivity contribution in [3.63, 3.8) is 0 Å². The van der Waals surface area contributed by atoms with Crippen LogP contribution < -0.4 is 20.5 Å². The number of hydrogen-bond donors (Lipinski definition) is 2. The number of aromatic nitrogens is 1. The maximum atomic E-state index is 11.9. The highest BCUT2D eigenvalue weighted by Gasteiger charge is 2.14.